The van der Waals surface area contributed by atoms with Gasteiger partial charge in [-0.3, -0.25) is 33.6 Å². The molecule has 0 spiro atoms. The van der Waals surface area contributed by atoms with Gasteiger partial charge < -0.3 is 132 Å². The third-order valence-corrected chi connectivity index (χ3v) is 23.7. The fourth-order valence-electron chi connectivity index (χ4n) is 16.0. The number of thiophene rings is 1. The van der Waals surface area contributed by atoms with Crippen molar-refractivity contribution >= 4 is 88.0 Å². The van der Waals surface area contributed by atoms with Crippen LogP contribution in [0.25, 0.3) is 22.3 Å². The molecule has 35 nitrogen and oxygen atoms in total. The van der Waals surface area contributed by atoms with Crippen molar-refractivity contribution in [3.05, 3.63) is 199 Å². The minimum absolute atomic E-state index is 0.116. The average molecular weight is 1750 g/mol. The fourth-order valence-corrected chi connectivity index (χ4v) is 17.1. The van der Waals surface area contributed by atoms with Crippen LogP contribution in [0.5, 0.6) is 46.0 Å². The van der Waals surface area contributed by atoms with Gasteiger partial charge >= 0.3 is 12.1 Å². The Labute approximate surface area is 714 Å². The van der Waals surface area contributed by atoms with Crippen molar-refractivity contribution in [2.75, 3.05) is 13.2 Å². The molecule has 0 radical (unpaired) electrons. The molecule has 18 atom stereocenters. The Morgan fingerprint density at radius 1 is 0.659 bits per heavy atom. The van der Waals surface area contributed by atoms with E-state index in [-0.39, 0.29) is 48.6 Å². The quantitative estimate of drug-likeness (QED) is 0.0517. The molecule has 648 valence electrons. The highest BCUT2D eigenvalue weighted by atomic mass is 35.5. The smallest absolute Gasteiger partial charge is 0.407 e. The maximum atomic E-state index is 16.3. The van der Waals surface area contributed by atoms with Crippen molar-refractivity contribution in [2.45, 2.75) is 169 Å². The molecular formula is C85H87Cl2N9O26S. The molecule has 8 heterocycles. The Morgan fingerprint density at radius 3 is 1.90 bits per heavy atom. The van der Waals surface area contributed by atoms with Crippen LogP contribution >= 0.6 is 34.5 Å². The van der Waals surface area contributed by atoms with Gasteiger partial charge in [0.15, 0.2) is 29.9 Å². The van der Waals surface area contributed by atoms with E-state index in [1.54, 1.807) is 27.7 Å². The first kappa shape index (κ1) is 87.6. The third-order valence-electron chi connectivity index (χ3n) is 22.3. The molecule has 8 amide bonds. The van der Waals surface area contributed by atoms with E-state index in [9.17, 15) is 65.4 Å². The molecular weight excluding hydrogens is 1670 g/mol. The summed E-state index contributed by atoms with van der Waals surface area (Å²) in [7, 11) is 0. The van der Waals surface area contributed by atoms with Gasteiger partial charge in [0.05, 0.1) is 35.3 Å². The van der Waals surface area contributed by atoms with E-state index in [4.69, 9.17) is 62.1 Å². The van der Waals surface area contributed by atoms with Crippen molar-refractivity contribution < 1.29 is 127 Å². The van der Waals surface area contributed by atoms with Gasteiger partial charge in [-0.05, 0) is 137 Å². The maximum Gasteiger partial charge on any atom is 0.407 e. The number of aliphatic carboxylic acids is 1. The number of carboxylic acids is 1. The molecule has 16 rings (SSSR count). The van der Waals surface area contributed by atoms with Crippen molar-refractivity contribution in [2.24, 2.45) is 11.7 Å². The van der Waals surface area contributed by atoms with E-state index in [0.29, 0.717) is 0 Å². The largest absolute Gasteiger partial charge is 0.508 e. The number of aliphatic hydroxyl groups excluding tert-OH is 6. The maximum absolute atomic E-state index is 16.3. The van der Waals surface area contributed by atoms with Crippen molar-refractivity contribution in [1.82, 2.24) is 42.5 Å². The van der Waals surface area contributed by atoms with Crippen LogP contribution in [-0.2, 0) is 63.8 Å². The van der Waals surface area contributed by atoms with Crippen LogP contribution in [-0.4, -0.2) is 197 Å². The summed E-state index contributed by atoms with van der Waals surface area (Å²) >= 11 is 15.8. The first-order chi connectivity index (χ1) is 58.6. The third kappa shape index (κ3) is 18.5. The molecule has 2 fully saturated rings. The number of amides is 8. The number of carboxylic acid groups (broad SMARTS) is 1. The number of alkyl carbamates (subject to hydrolysis) is 1. The highest BCUT2D eigenvalue weighted by molar-refractivity contribution is 7.09. The summed E-state index contributed by atoms with van der Waals surface area (Å²) < 4.78 is 45.2. The lowest BCUT2D eigenvalue weighted by Crippen LogP contribution is -2.65. The number of nitrogens with two attached hydrogens (primary N) is 1. The normalized spacial score (nSPS) is 26.6. The predicted octanol–water partition coefficient (Wildman–Crippen LogP) is 5.32. The summed E-state index contributed by atoms with van der Waals surface area (Å²) in [5.41, 5.74) is 5.25. The molecule has 7 aromatic carbocycles. The molecule has 1 aliphatic carbocycles. The molecule has 123 heavy (non-hydrogen) atoms. The molecule has 2 saturated heterocycles. The summed E-state index contributed by atoms with van der Waals surface area (Å²) in [5.74, 6) is -17.4. The van der Waals surface area contributed by atoms with Gasteiger partial charge in [-0.2, -0.15) is 0 Å². The Morgan fingerprint density at radius 2 is 1.28 bits per heavy atom. The fraction of sp³-hybridized carbons (Fsp3) is 0.353. The highest BCUT2D eigenvalue weighted by Gasteiger charge is 2.53. The number of phenols is 3. The zero-order chi connectivity index (χ0) is 87.9. The Kier molecular flexibility index (Phi) is 25.9. The molecule has 20 N–H and O–H groups in total. The average Bonchev–Trinajstić information content (AvgIpc) is 1.44. The molecule has 0 unspecified atom stereocenters. The molecule has 8 aromatic rings. The van der Waals surface area contributed by atoms with Crippen LogP contribution in [0.2, 0.25) is 10.0 Å². The minimum Gasteiger partial charge on any atom is -0.508 e. The lowest BCUT2D eigenvalue weighted by atomic mass is 9.85. The molecule has 8 aliphatic rings. The van der Waals surface area contributed by atoms with Crippen molar-refractivity contribution in [3.63, 3.8) is 0 Å². The van der Waals surface area contributed by atoms with E-state index < -0.39 is 260 Å². The summed E-state index contributed by atoms with van der Waals surface area (Å²) in [6.45, 7) is 5.84. The van der Waals surface area contributed by atoms with E-state index in [0.717, 1.165) is 99.9 Å². The van der Waals surface area contributed by atoms with Gasteiger partial charge in [-0.1, -0.05) is 110 Å². The number of primary amides is 1. The number of aliphatic hydroxyl groups is 6. The van der Waals surface area contributed by atoms with E-state index in [1.807, 2.05) is 66.0 Å². The number of phenolic OH excluding ortho intramolecular Hbond substituents is 3. The second-order valence-electron chi connectivity index (χ2n) is 31.2. The molecule has 38 heteroatoms. The highest BCUT2D eigenvalue weighted by Crippen LogP contribution is 2.51. The number of carbonyl (C=O) groups is 9. The first-order valence-corrected chi connectivity index (χ1v) is 40.7. The summed E-state index contributed by atoms with van der Waals surface area (Å²) in [5, 5.41) is 138. The van der Waals surface area contributed by atoms with Crippen molar-refractivity contribution in [1.29, 1.82) is 0 Å². The Hall–Kier alpha value is -11.8. The van der Waals surface area contributed by atoms with E-state index >= 15 is 28.8 Å². The predicted molar refractivity (Wildman–Crippen MR) is 435 cm³/mol. The topological polar surface area (TPSA) is 543 Å². The van der Waals surface area contributed by atoms with Gasteiger partial charge in [-0.25, -0.2) is 9.59 Å². The minimum atomic E-state index is -2.41. The number of aromatic hydroxyl groups is 3. The van der Waals surface area contributed by atoms with Gasteiger partial charge in [-0.15, -0.1) is 11.3 Å². The second-order valence-corrected chi connectivity index (χ2v) is 33.1. The van der Waals surface area contributed by atoms with Crippen LogP contribution in [0.15, 0.2) is 145 Å². The zero-order valence-corrected chi connectivity index (χ0v) is 68.1. The number of nitrogens with one attached hydrogen (secondary N) is 8. The lowest BCUT2D eigenvalue weighted by molar-refractivity contribution is -0.334. The van der Waals surface area contributed by atoms with Gasteiger partial charge in [0.25, 0.3) is 0 Å². The number of benzene rings is 7. The molecule has 1 aromatic heterocycles. The zero-order valence-electron chi connectivity index (χ0n) is 65.8. The van der Waals surface area contributed by atoms with Crippen LogP contribution in [0.4, 0.5) is 4.79 Å². The number of fused-ring (bicyclic) bond motifs is 18. The molecule has 7 aliphatic heterocycles. The van der Waals surface area contributed by atoms with Crippen LogP contribution < -0.4 is 62.5 Å². The monoisotopic (exact) mass is 1750 g/mol. The van der Waals surface area contributed by atoms with Gasteiger partial charge in [0, 0.05) is 52.1 Å². The lowest BCUT2D eigenvalue weighted by Gasteiger charge is -2.48. The summed E-state index contributed by atoms with van der Waals surface area (Å²) in [6, 6.07) is 17.0. The number of hydrogen-bond donors (Lipinski definition) is 19. The second kappa shape index (κ2) is 36.4. The van der Waals surface area contributed by atoms with Crippen molar-refractivity contribution in [3.8, 4) is 68.2 Å². The molecule has 0 saturated carbocycles. The number of hydrogen-bond acceptors (Lipinski definition) is 27. The van der Waals surface area contributed by atoms with Gasteiger partial charge in [0.2, 0.25) is 53.4 Å². The van der Waals surface area contributed by atoms with Crippen LogP contribution in [0, 0.1) is 5.92 Å². The SMILES string of the molecule is CC(C)C[C@@H](NC(=O)OCC1c2ccccc2-c2ccccc21)C(=O)N[C@H]1C(=O)N[C@@H](CC(N)=O)C(=O)N[C@H]2C(=O)N[C@H]3C(=O)N[C@H](C(=O)N[C@H](C(=O)O)c4cc(O)cc(O)c4-c4cc3ccc4O)[C@H](O)c3ccc(c(Cl)c3)Oc3cc2cc(c3O[C@@H]2O[C@H](CO)[C@@H](O)[C@H](O)[C@H]2O[C@H]2C[C@](C)(NCc3cccs3)[C@H](O)[C@H](C)O2)Oc2ccc(cc2Cl)[C@H]1O. The first-order valence-electron chi connectivity index (χ1n) is 39.0. The standard InChI is InChI=1S/C85H87Cl2N9O26S/c1-35(2)22-52(91-84(115)116-34-49-45-13-7-5-11-43(45)44-12-6-8-14-46(44)49)76(107)95-67-69(102)38-16-19-56(50(86)24-38)118-58-26-40-27-59(73(58)122-83-74(72(105)71(104)60(33-97)120-83)121-62-31-85(4,75(106)36(3)117-62)89-32-42-10-9-21-123-42)119-57-20-17-39(25-51(57)87)70(103)68-81(112)94-66(82(113)114)48-28-41(98)29-55(100)63(48)47-23-37(15-18-54(47)99)64(78(109)96-68)93-79(110)65(40)92-77(108)53(30-61(88)101)90-80(67)111/h5-21,23-29,35-36,49,52-53,60,62,64-72,74-75,83,89,97-100,102-106H,22,30-34H2,1-4H3,(H2,88,101)(H,90,111)(H,91,115)(H,92,108)(H,93,110)(H,94,112)(H,95,107)(H,96,109)(H,113,114)/t36-,52+,53-,60+,62-,64+,65+,66-,67+,68-,69+,70+,71+,72-,74+,75+,83-,85-/m0/s1. The van der Waals surface area contributed by atoms with E-state index in [1.165, 1.54) is 17.4 Å². The number of carbonyl (C=O) groups excluding carboxylic acids is 8. The van der Waals surface area contributed by atoms with Crippen LogP contribution in [0.1, 0.15) is 127 Å². The number of ether oxygens (including phenoxy) is 7. The Balaban J connectivity index is 0.916. The molecule has 11 bridgehead atoms. The van der Waals surface area contributed by atoms with Gasteiger partial charge in [0.1, 0.15) is 102 Å². The summed E-state index contributed by atoms with van der Waals surface area (Å²) in [6.07, 6.45) is -20.2. The van der Waals surface area contributed by atoms with Crippen LogP contribution in [0.3, 0.4) is 0 Å². The Bertz CT molecular complexity index is 5390. The number of rotatable bonds is 18. The number of halogens is 2. The summed E-state index contributed by atoms with van der Waals surface area (Å²) in [4.78, 5) is 135. The van der Waals surface area contributed by atoms with E-state index in [2.05, 4.69) is 42.5 Å².